The van der Waals surface area contributed by atoms with Gasteiger partial charge in [-0.2, -0.15) is 4.68 Å². The zero-order valence-corrected chi connectivity index (χ0v) is 17.2. The third-order valence-corrected chi connectivity index (χ3v) is 5.20. The first-order valence-corrected chi connectivity index (χ1v) is 9.79. The molecule has 11 nitrogen and oxygen atoms in total. The van der Waals surface area contributed by atoms with Gasteiger partial charge in [0.2, 0.25) is 5.95 Å². The van der Waals surface area contributed by atoms with Gasteiger partial charge in [-0.25, -0.2) is 0 Å². The molecule has 1 aromatic heterocycles. The van der Waals surface area contributed by atoms with E-state index in [0.717, 1.165) is 5.69 Å². The number of aromatic nitrogens is 4. The Morgan fingerprint density at radius 3 is 2.42 bits per heavy atom. The number of rotatable bonds is 5. The van der Waals surface area contributed by atoms with Crippen LogP contribution in [0.2, 0.25) is 0 Å². The van der Waals surface area contributed by atoms with E-state index in [1.165, 1.54) is 6.07 Å². The van der Waals surface area contributed by atoms with E-state index >= 15 is 0 Å². The number of hydrogen-bond donors (Lipinski definition) is 0. The predicted molar refractivity (Wildman–Crippen MR) is 115 cm³/mol. The molecular weight excluding hydrogens is 400 g/mol. The fraction of sp³-hybridized carbons (Fsp3) is 0.300. The second-order valence-electron chi connectivity index (χ2n) is 7.36. The molecule has 31 heavy (non-hydrogen) atoms. The highest BCUT2D eigenvalue weighted by molar-refractivity contribution is 5.96. The van der Waals surface area contributed by atoms with Crippen LogP contribution in [0.5, 0.6) is 0 Å². The normalized spacial score (nSPS) is 13.9. The molecule has 0 atom stereocenters. The quantitative estimate of drug-likeness (QED) is 0.450. The summed E-state index contributed by atoms with van der Waals surface area (Å²) >= 11 is 0. The van der Waals surface area contributed by atoms with Crippen molar-refractivity contribution in [3.05, 3.63) is 64.2 Å². The van der Waals surface area contributed by atoms with Gasteiger partial charge in [-0.3, -0.25) is 14.9 Å². The number of para-hydroxylation sites is 1. The Labute approximate surface area is 178 Å². The molecule has 1 aliphatic rings. The van der Waals surface area contributed by atoms with Crippen molar-refractivity contribution in [3.8, 4) is 5.69 Å². The van der Waals surface area contributed by atoms with Gasteiger partial charge in [-0.1, -0.05) is 23.3 Å². The number of anilines is 2. The van der Waals surface area contributed by atoms with Crippen LogP contribution in [0.15, 0.2) is 48.5 Å². The number of nitro benzene ring substituents is 1. The topological polar surface area (TPSA) is 114 Å². The van der Waals surface area contributed by atoms with Gasteiger partial charge in [-0.05, 0) is 34.7 Å². The number of nitro groups is 1. The number of carbonyl (C=O) groups excluding carboxylic acids is 1. The van der Waals surface area contributed by atoms with Gasteiger partial charge < -0.3 is 14.7 Å². The number of nitrogens with zero attached hydrogens (tertiary/aromatic N) is 8. The fourth-order valence-electron chi connectivity index (χ4n) is 3.59. The molecule has 2 aromatic carbocycles. The molecule has 1 saturated heterocycles. The molecule has 4 rings (SSSR count). The van der Waals surface area contributed by atoms with Crippen LogP contribution < -0.4 is 9.80 Å². The summed E-state index contributed by atoms with van der Waals surface area (Å²) in [6.07, 6.45) is 0. The van der Waals surface area contributed by atoms with Crippen molar-refractivity contribution in [3.63, 3.8) is 0 Å². The van der Waals surface area contributed by atoms with Crippen molar-refractivity contribution in [2.24, 2.45) is 0 Å². The molecule has 3 aromatic rings. The summed E-state index contributed by atoms with van der Waals surface area (Å²) < 4.78 is 1.67. The van der Waals surface area contributed by atoms with E-state index in [1.807, 2.05) is 35.2 Å². The zero-order valence-electron chi connectivity index (χ0n) is 17.2. The van der Waals surface area contributed by atoms with E-state index in [9.17, 15) is 14.9 Å². The van der Waals surface area contributed by atoms with E-state index in [2.05, 4.69) is 15.5 Å². The van der Waals surface area contributed by atoms with Crippen LogP contribution in [-0.4, -0.2) is 76.2 Å². The van der Waals surface area contributed by atoms with Crippen LogP contribution in [0.4, 0.5) is 17.3 Å². The van der Waals surface area contributed by atoms with Crippen molar-refractivity contribution >= 4 is 23.2 Å². The monoisotopic (exact) mass is 422 g/mol. The average molecular weight is 422 g/mol. The van der Waals surface area contributed by atoms with Crippen LogP contribution in [0.25, 0.3) is 5.69 Å². The van der Waals surface area contributed by atoms with Crippen LogP contribution in [0, 0.1) is 10.1 Å². The molecule has 1 aliphatic heterocycles. The third-order valence-electron chi connectivity index (χ3n) is 5.20. The number of benzene rings is 2. The van der Waals surface area contributed by atoms with E-state index in [0.29, 0.717) is 43.4 Å². The summed E-state index contributed by atoms with van der Waals surface area (Å²) in [4.78, 5) is 29.3. The molecule has 0 N–H and O–H groups in total. The Hall–Kier alpha value is -4.02. The van der Waals surface area contributed by atoms with Gasteiger partial charge in [0.15, 0.2) is 0 Å². The molecule has 0 unspecified atom stereocenters. The first kappa shape index (κ1) is 20.3. The maximum Gasteiger partial charge on any atom is 0.293 e. The highest BCUT2D eigenvalue weighted by atomic mass is 16.6. The highest BCUT2D eigenvalue weighted by Gasteiger charge is 2.27. The van der Waals surface area contributed by atoms with Crippen molar-refractivity contribution in [1.29, 1.82) is 0 Å². The van der Waals surface area contributed by atoms with Gasteiger partial charge in [0.05, 0.1) is 10.6 Å². The van der Waals surface area contributed by atoms with Gasteiger partial charge in [0.25, 0.3) is 11.6 Å². The highest BCUT2D eigenvalue weighted by Crippen LogP contribution is 2.28. The minimum atomic E-state index is -0.465. The number of piperazine rings is 1. The zero-order chi connectivity index (χ0) is 22.0. The summed E-state index contributed by atoms with van der Waals surface area (Å²) in [5.74, 6) is 0.389. The van der Waals surface area contributed by atoms with Crippen molar-refractivity contribution < 1.29 is 9.72 Å². The van der Waals surface area contributed by atoms with Crippen LogP contribution in [0.3, 0.4) is 0 Å². The number of carbonyl (C=O) groups is 1. The standard InChI is InChI=1S/C20H22N8O3/c1-24(2)17-9-8-15(14-18(17)28(30)31)19(29)25-10-12-26(13-11-25)20-21-22-23-27(20)16-6-4-3-5-7-16/h3-9,14H,10-13H2,1-2H3. The maximum absolute atomic E-state index is 13.0. The van der Waals surface area contributed by atoms with E-state index in [1.54, 1.807) is 40.7 Å². The summed E-state index contributed by atoms with van der Waals surface area (Å²) in [6.45, 7) is 2.03. The Balaban J connectivity index is 1.48. The summed E-state index contributed by atoms with van der Waals surface area (Å²) in [6, 6.07) is 14.2. The third kappa shape index (κ3) is 4.02. The lowest BCUT2D eigenvalue weighted by Crippen LogP contribution is -2.49. The minimum absolute atomic E-state index is 0.0866. The van der Waals surface area contributed by atoms with Crippen LogP contribution in [-0.2, 0) is 0 Å². The number of hydrogen-bond acceptors (Lipinski definition) is 8. The smallest absolute Gasteiger partial charge is 0.293 e. The van der Waals surface area contributed by atoms with Crippen LogP contribution in [0.1, 0.15) is 10.4 Å². The van der Waals surface area contributed by atoms with Crippen molar-refractivity contribution in [2.75, 3.05) is 50.1 Å². The first-order valence-electron chi connectivity index (χ1n) is 9.79. The molecule has 160 valence electrons. The fourth-order valence-corrected chi connectivity index (χ4v) is 3.59. The van der Waals surface area contributed by atoms with Crippen molar-refractivity contribution in [2.45, 2.75) is 0 Å². The molecule has 2 heterocycles. The largest absolute Gasteiger partial charge is 0.372 e. The Morgan fingerprint density at radius 2 is 1.77 bits per heavy atom. The molecule has 0 radical (unpaired) electrons. The second kappa shape index (κ2) is 8.38. The number of tetrazole rings is 1. The Morgan fingerprint density at radius 1 is 1.06 bits per heavy atom. The average Bonchev–Trinajstić information content (AvgIpc) is 3.29. The second-order valence-corrected chi connectivity index (χ2v) is 7.36. The number of amides is 1. The van der Waals surface area contributed by atoms with Gasteiger partial charge in [0.1, 0.15) is 5.69 Å². The van der Waals surface area contributed by atoms with E-state index in [-0.39, 0.29) is 11.6 Å². The molecule has 1 amide bonds. The van der Waals surface area contributed by atoms with Crippen molar-refractivity contribution in [1.82, 2.24) is 25.1 Å². The molecule has 1 fully saturated rings. The van der Waals surface area contributed by atoms with E-state index < -0.39 is 4.92 Å². The summed E-state index contributed by atoms with van der Waals surface area (Å²) in [5.41, 5.74) is 1.53. The summed E-state index contributed by atoms with van der Waals surface area (Å²) in [5, 5.41) is 23.4. The molecule has 11 heteroatoms. The molecule has 0 spiro atoms. The SMILES string of the molecule is CN(C)c1ccc(C(=O)N2CCN(c3nnnn3-c3ccccc3)CC2)cc1[N+](=O)[O-]. The van der Waals surface area contributed by atoms with E-state index in [4.69, 9.17) is 0 Å². The summed E-state index contributed by atoms with van der Waals surface area (Å²) in [7, 11) is 3.46. The lowest BCUT2D eigenvalue weighted by molar-refractivity contribution is -0.384. The molecule has 0 saturated carbocycles. The van der Waals surface area contributed by atoms with Gasteiger partial charge >= 0.3 is 0 Å². The molecule has 0 aliphatic carbocycles. The van der Waals surface area contributed by atoms with Crippen LogP contribution >= 0.6 is 0 Å². The first-order chi connectivity index (χ1) is 15.0. The lowest BCUT2D eigenvalue weighted by Gasteiger charge is -2.34. The van der Waals surface area contributed by atoms with Gasteiger partial charge in [0, 0.05) is 51.9 Å². The maximum atomic E-state index is 13.0. The predicted octanol–water partition coefficient (Wildman–Crippen LogP) is 1.60. The Bertz CT molecular complexity index is 1090. The molecular formula is C20H22N8O3. The Kier molecular flexibility index (Phi) is 5.48. The molecule has 0 bridgehead atoms. The van der Waals surface area contributed by atoms with Gasteiger partial charge in [-0.15, -0.1) is 0 Å². The minimum Gasteiger partial charge on any atom is -0.372 e. The lowest BCUT2D eigenvalue weighted by atomic mass is 10.1.